The molecule has 2 aromatic heterocycles. The Bertz CT molecular complexity index is 3370. The van der Waals surface area contributed by atoms with E-state index in [4.69, 9.17) is 16.5 Å². The highest BCUT2D eigenvalue weighted by molar-refractivity contribution is 6.15. The Morgan fingerprint density at radius 2 is 1.16 bits per heavy atom. The summed E-state index contributed by atoms with van der Waals surface area (Å²) in [5, 5.41) is 12.6. The molecular weight excluding hydrogens is 755 g/mol. The molecule has 11 rings (SSSR count). The molecule has 0 saturated heterocycles. The van der Waals surface area contributed by atoms with Crippen molar-refractivity contribution >= 4 is 27.5 Å². The van der Waals surface area contributed by atoms with Gasteiger partial charge in [0.05, 0.1) is 46.3 Å². The average Bonchev–Trinajstić information content (AvgIpc) is 3.79. The molecule has 290 valence electrons. The van der Waals surface area contributed by atoms with Crippen LogP contribution < -0.4 is 0 Å². The summed E-state index contributed by atoms with van der Waals surface area (Å²) in [7, 11) is 0. The second-order valence-electron chi connectivity index (χ2n) is 16.4. The fourth-order valence-corrected chi connectivity index (χ4v) is 9.60. The number of nitriles is 1. The first-order chi connectivity index (χ1) is 30.4. The molecule has 62 heavy (non-hydrogen) atoms. The smallest absolute Gasteiger partial charge is 0.187 e. The molecule has 0 fully saturated rings. The number of aromatic nitrogens is 3. The number of rotatable bonds is 6. The lowest BCUT2D eigenvalue weighted by Gasteiger charge is -2.23. The number of fused-ring (bicyclic) bond motifs is 7. The number of hydrogen-bond acceptors (Lipinski definition) is 3. The minimum atomic E-state index is -0.249. The SMILES string of the molecule is [C-]#[N+]c1cccc(-c2cc(-c3cc(-c4ccccc4)nc(-c4ccccc4)n3)cc(-c3cccc(C#N)c3)c2-n2c3ccccc3c3c4c(ccc32)-c2ccccc2C4(C)C)c1. The molecule has 0 bridgehead atoms. The van der Waals surface area contributed by atoms with Gasteiger partial charge in [-0.2, -0.15) is 5.26 Å². The van der Waals surface area contributed by atoms with Crippen LogP contribution in [0.1, 0.15) is 30.5 Å². The summed E-state index contributed by atoms with van der Waals surface area (Å²) >= 11 is 0. The lowest BCUT2D eigenvalue weighted by molar-refractivity contribution is 0.666. The van der Waals surface area contributed by atoms with Crippen molar-refractivity contribution in [3.05, 3.63) is 216 Å². The maximum absolute atomic E-state index is 10.3. The first kappa shape index (κ1) is 36.7. The Balaban J connectivity index is 1.29. The number of nitrogens with zero attached hydrogens (tertiary/aromatic N) is 5. The molecule has 0 aliphatic heterocycles. The summed E-state index contributed by atoms with van der Waals surface area (Å²) < 4.78 is 2.41. The van der Waals surface area contributed by atoms with Gasteiger partial charge >= 0.3 is 0 Å². The van der Waals surface area contributed by atoms with Crippen LogP contribution in [-0.4, -0.2) is 14.5 Å². The summed E-state index contributed by atoms with van der Waals surface area (Å²) in [6, 6.07) is 67.0. The summed E-state index contributed by atoms with van der Waals surface area (Å²) in [6.07, 6.45) is 0. The summed E-state index contributed by atoms with van der Waals surface area (Å²) in [5.74, 6) is 0.621. The van der Waals surface area contributed by atoms with Crippen LogP contribution in [0.25, 0.3) is 99.6 Å². The minimum absolute atomic E-state index is 0.249. The van der Waals surface area contributed by atoms with Gasteiger partial charge in [-0.15, -0.1) is 0 Å². The standard InChI is InChI=1S/C57H37N5/c1-57(2)48-26-12-10-24-43(48)44-28-29-52-53(54(44)57)45-25-11-13-27-51(45)62(52)55-46(39-21-14-16-36(30-39)35-58)32-41(33-47(55)40-22-15-23-42(31-40)59-3)50-34-49(37-17-6-4-7-18-37)60-56(61-50)38-19-8-5-9-20-38/h4-34H,1-2H3. The van der Waals surface area contributed by atoms with Gasteiger partial charge in [0.2, 0.25) is 0 Å². The predicted octanol–water partition coefficient (Wildman–Crippen LogP) is 14.6. The van der Waals surface area contributed by atoms with E-state index in [1.165, 1.54) is 27.6 Å². The average molecular weight is 792 g/mol. The van der Waals surface area contributed by atoms with Crippen molar-refractivity contribution in [3.8, 4) is 79.0 Å². The van der Waals surface area contributed by atoms with Crippen molar-refractivity contribution in [2.75, 3.05) is 0 Å². The number of para-hydroxylation sites is 1. The van der Waals surface area contributed by atoms with Crippen molar-refractivity contribution in [2.45, 2.75) is 19.3 Å². The van der Waals surface area contributed by atoms with Gasteiger partial charge in [0.1, 0.15) is 0 Å². The van der Waals surface area contributed by atoms with E-state index >= 15 is 0 Å². The lowest BCUT2D eigenvalue weighted by Crippen LogP contribution is -2.15. The molecule has 2 heterocycles. The Morgan fingerprint density at radius 1 is 0.532 bits per heavy atom. The van der Waals surface area contributed by atoms with E-state index in [1.54, 1.807) is 0 Å². The van der Waals surface area contributed by atoms with E-state index in [0.29, 0.717) is 17.1 Å². The molecule has 5 nitrogen and oxygen atoms in total. The highest BCUT2D eigenvalue weighted by Gasteiger charge is 2.38. The van der Waals surface area contributed by atoms with Crippen LogP contribution in [0.5, 0.6) is 0 Å². The predicted molar refractivity (Wildman–Crippen MR) is 252 cm³/mol. The van der Waals surface area contributed by atoms with Gasteiger partial charge in [0.15, 0.2) is 11.5 Å². The zero-order chi connectivity index (χ0) is 42.0. The zero-order valence-corrected chi connectivity index (χ0v) is 34.1. The van der Waals surface area contributed by atoms with Crippen molar-refractivity contribution < 1.29 is 0 Å². The maximum Gasteiger partial charge on any atom is 0.187 e. The van der Waals surface area contributed by atoms with Gasteiger partial charge in [0, 0.05) is 44.0 Å². The van der Waals surface area contributed by atoms with Crippen LogP contribution in [0.3, 0.4) is 0 Å². The van der Waals surface area contributed by atoms with Crippen LogP contribution >= 0.6 is 0 Å². The fraction of sp³-hybridized carbons (Fsp3) is 0.0526. The molecule has 0 amide bonds. The molecule has 0 radical (unpaired) electrons. The second-order valence-corrected chi connectivity index (χ2v) is 16.4. The highest BCUT2D eigenvalue weighted by atomic mass is 15.0. The highest BCUT2D eigenvalue weighted by Crippen LogP contribution is 2.54. The number of hydrogen-bond donors (Lipinski definition) is 0. The van der Waals surface area contributed by atoms with E-state index in [2.05, 4.69) is 132 Å². The molecule has 1 aliphatic rings. The maximum atomic E-state index is 10.3. The van der Waals surface area contributed by atoms with Gasteiger partial charge in [0.25, 0.3) is 0 Å². The largest absolute Gasteiger partial charge is 0.308 e. The third-order valence-electron chi connectivity index (χ3n) is 12.4. The van der Waals surface area contributed by atoms with Gasteiger partial charge in [-0.3, -0.25) is 0 Å². The van der Waals surface area contributed by atoms with E-state index in [0.717, 1.165) is 72.4 Å². The summed E-state index contributed by atoms with van der Waals surface area (Å²) in [6.45, 7) is 12.7. The summed E-state index contributed by atoms with van der Waals surface area (Å²) in [5.41, 5.74) is 17.1. The third kappa shape index (κ3) is 5.83. The molecule has 0 saturated carbocycles. The van der Waals surface area contributed by atoms with E-state index in [9.17, 15) is 5.26 Å². The second kappa shape index (κ2) is 14.4. The topological polar surface area (TPSA) is 58.9 Å². The Morgan fingerprint density at radius 3 is 1.90 bits per heavy atom. The molecular formula is C57H37N5. The minimum Gasteiger partial charge on any atom is -0.308 e. The zero-order valence-electron chi connectivity index (χ0n) is 34.1. The first-order valence-corrected chi connectivity index (χ1v) is 20.7. The molecule has 8 aromatic carbocycles. The number of benzene rings is 8. The Kier molecular flexibility index (Phi) is 8.53. The van der Waals surface area contributed by atoms with Gasteiger partial charge in [-0.05, 0) is 81.9 Å². The van der Waals surface area contributed by atoms with E-state index in [-0.39, 0.29) is 5.41 Å². The molecule has 0 unspecified atom stereocenters. The molecule has 0 N–H and O–H groups in total. The fourth-order valence-electron chi connectivity index (χ4n) is 9.60. The van der Waals surface area contributed by atoms with Gasteiger partial charge in [-0.1, -0.05) is 153 Å². The Hall–Kier alpha value is -8.38. The molecule has 0 spiro atoms. The van der Waals surface area contributed by atoms with Crippen LogP contribution in [0.2, 0.25) is 0 Å². The monoisotopic (exact) mass is 791 g/mol. The van der Waals surface area contributed by atoms with Crippen molar-refractivity contribution in [1.29, 1.82) is 5.26 Å². The Labute approximate surface area is 360 Å². The first-order valence-electron chi connectivity index (χ1n) is 20.7. The normalized spacial score (nSPS) is 12.5. The third-order valence-corrected chi connectivity index (χ3v) is 12.4. The van der Waals surface area contributed by atoms with Crippen LogP contribution in [0.4, 0.5) is 5.69 Å². The van der Waals surface area contributed by atoms with Crippen LogP contribution in [0, 0.1) is 17.9 Å². The quantitative estimate of drug-likeness (QED) is 0.158. The molecule has 1 aliphatic carbocycles. The molecule has 5 heteroatoms. The van der Waals surface area contributed by atoms with Crippen molar-refractivity contribution in [2.24, 2.45) is 0 Å². The molecule has 0 atom stereocenters. The van der Waals surface area contributed by atoms with E-state index < -0.39 is 0 Å². The molecule has 10 aromatic rings. The van der Waals surface area contributed by atoms with Crippen LogP contribution in [-0.2, 0) is 5.41 Å². The van der Waals surface area contributed by atoms with Crippen molar-refractivity contribution in [3.63, 3.8) is 0 Å². The van der Waals surface area contributed by atoms with Gasteiger partial charge < -0.3 is 4.57 Å². The summed E-state index contributed by atoms with van der Waals surface area (Å²) in [4.78, 5) is 14.3. The van der Waals surface area contributed by atoms with E-state index in [1.807, 2.05) is 84.9 Å². The van der Waals surface area contributed by atoms with Gasteiger partial charge in [-0.25, -0.2) is 14.8 Å². The van der Waals surface area contributed by atoms with Crippen molar-refractivity contribution in [1.82, 2.24) is 14.5 Å². The van der Waals surface area contributed by atoms with Crippen LogP contribution in [0.15, 0.2) is 188 Å². The lowest BCUT2D eigenvalue weighted by atomic mass is 9.80.